The Bertz CT molecular complexity index is 755. The number of phenols is 1. The molecular formula is C18H23F3N2O2S. The lowest BCUT2D eigenvalue weighted by atomic mass is 10.0. The molecule has 0 saturated heterocycles. The second-order valence-corrected chi connectivity index (χ2v) is 6.88. The van der Waals surface area contributed by atoms with Crippen LogP contribution in [0.5, 0.6) is 5.75 Å². The van der Waals surface area contributed by atoms with Gasteiger partial charge in [-0.15, -0.1) is 11.3 Å². The van der Waals surface area contributed by atoms with Crippen LogP contribution in [0.1, 0.15) is 45.1 Å². The van der Waals surface area contributed by atoms with E-state index < -0.39 is 17.5 Å². The summed E-state index contributed by atoms with van der Waals surface area (Å²) in [5.41, 5.74) is -0.237. The van der Waals surface area contributed by atoms with Gasteiger partial charge in [-0.1, -0.05) is 33.8 Å². The van der Waals surface area contributed by atoms with Gasteiger partial charge >= 0.3 is 6.18 Å². The zero-order chi connectivity index (χ0) is 20.1. The lowest BCUT2D eigenvalue weighted by Gasteiger charge is -2.10. The van der Waals surface area contributed by atoms with E-state index in [-0.39, 0.29) is 5.91 Å². The molecule has 0 aliphatic heterocycles. The molecular weight excluding hydrogens is 365 g/mol. The summed E-state index contributed by atoms with van der Waals surface area (Å²) >= 11 is 1.28. The molecule has 1 heterocycles. The normalized spacial score (nSPS) is 11.1. The Labute approximate surface area is 155 Å². The maximum absolute atomic E-state index is 12.8. The maximum atomic E-state index is 12.8. The van der Waals surface area contributed by atoms with Crippen LogP contribution in [0.3, 0.4) is 0 Å². The number of aromatic nitrogens is 1. The first-order valence-corrected chi connectivity index (χ1v) is 9.07. The quantitative estimate of drug-likeness (QED) is 0.704. The molecule has 0 aliphatic rings. The van der Waals surface area contributed by atoms with Gasteiger partial charge in [-0.2, -0.15) is 13.2 Å². The molecule has 0 spiro atoms. The lowest BCUT2D eigenvalue weighted by molar-refractivity contribution is -0.138. The van der Waals surface area contributed by atoms with E-state index in [4.69, 9.17) is 0 Å². The Balaban J connectivity index is 0.00000163. The third-order valence-corrected chi connectivity index (χ3v) is 4.14. The van der Waals surface area contributed by atoms with Gasteiger partial charge in [0, 0.05) is 17.4 Å². The maximum Gasteiger partial charge on any atom is 0.419 e. The largest absolute Gasteiger partial charge is 0.507 e. The summed E-state index contributed by atoms with van der Waals surface area (Å²) in [4.78, 5) is 16.3. The van der Waals surface area contributed by atoms with E-state index in [2.05, 4.69) is 10.3 Å². The summed E-state index contributed by atoms with van der Waals surface area (Å²) < 4.78 is 38.3. The minimum atomic E-state index is -4.62. The smallest absolute Gasteiger partial charge is 0.419 e. The minimum absolute atomic E-state index is 0.276. The highest BCUT2D eigenvalue weighted by molar-refractivity contribution is 7.16. The van der Waals surface area contributed by atoms with Gasteiger partial charge in [-0.3, -0.25) is 4.79 Å². The predicted molar refractivity (Wildman–Crippen MR) is 98.4 cm³/mol. The average Bonchev–Trinajstić information content (AvgIpc) is 2.88. The van der Waals surface area contributed by atoms with Crippen LogP contribution in [-0.4, -0.2) is 16.0 Å². The number of alkyl halides is 3. The van der Waals surface area contributed by atoms with Crippen LogP contribution >= 0.6 is 11.3 Å². The average molecular weight is 388 g/mol. The summed E-state index contributed by atoms with van der Waals surface area (Å²) in [6, 6.07) is 3.17. The number of amides is 1. The van der Waals surface area contributed by atoms with Gasteiger partial charge in [0.15, 0.2) is 5.13 Å². The minimum Gasteiger partial charge on any atom is -0.507 e. The number of carbonyl (C=O) groups is 1. The summed E-state index contributed by atoms with van der Waals surface area (Å²) in [6.07, 6.45) is -3.96. The number of phenolic OH excluding ortho intramolecular Hbond substituents is 1. The fourth-order valence-corrected chi connectivity index (χ4v) is 3.45. The summed E-state index contributed by atoms with van der Waals surface area (Å²) in [5, 5.41) is 12.7. The van der Waals surface area contributed by atoms with Crippen LogP contribution in [0.4, 0.5) is 18.3 Å². The van der Waals surface area contributed by atoms with Crippen molar-refractivity contribution >= 4 is 22.4 Å². The molecule has 0 saturated carbocycles. The fourth-order valence-electron chi connectivity index (χ4n) is 2.21. The number of nitrogens with zero attached hydrogens (tertiary/aromatic N) is 1. The molecule has 2 rings (SSSR count). The predicted octanol–water partition coefficient (Wildman–Crippen LogP) is 5.72. The third-order valence-electron chi connectivity index (χ3n) is 3.15. The number of aromatic hydroxyl groups is 1. The number of halogens is 3. The third kappa shape index (κ3) is 5.72. The van der Waals surface area contributed by atoms with E-state index in [9.17, 15) is 23.1 Å². The van der Waals surface area contributed by atoms with Crippen molar-refractivity contribution in [3.8, 4) is 17.0 Å². The molecule has 1 aromatic heterocycles. The number of thiazole rings is 1. The van der Waals surface area contributed by atoms with Gasteiger partial charge in [0.2, 0.25) is 5.91 Å². The van der Waals surface area contributed by atoms with E-state index in [0.29, 0.717) is 28.7 Å². The molecule has 26 heavy (non-hydrogen) atoms. The van der Waals surface area contributed by atoms with Crippen molar-refractivity contribution in [2.75, 3.05) is 5.32 Å². The summed E-state index contributed by atoms with van der Waals surface area (Å²) in [6.45, 7) is 9.37. The molecule has 4 nitrogen and oxygen atoms in total. The molecule has 2 aromatic rings. The monoisotopic (exact) mass is 388 g/mol. The Morgan fingerprint density at radius 2 is 1.92 bits per heavy atom. The van der Waals surface area contributed by atoms with E-state index in [1.807, 2.05) is 27.7 Å². The van der Waals surface area contributed by atoms with E-state index in [1.165, 1.54) is 24.3 Å². The number of rotatable bonds is 4. The summed E-state index contributed by atoms with van der Waals surface area (Å²) in [5.74, 6) is -0.816. The van der Waals surface area contributed by atoms with E-state index >= 15 is 0 Å². The first-order chi connectivity index (χ1) is 12.1. The van der Waals surface area contributed by atoms with E-state index in [0.717, 1.165) is 17.0 Å². The zero-order valence-electron chi connectivity index (χ0n) is 15.4. The second-order valence-electron chi connectivity index (χ2n) is 5.80. The number of nitrogens with one attached hydrogen (secondary N) is 1. The van der Waals surface area contributed by atoms with Crippen LogP contribution in [-0.2, 0) is 17.4 Å². The van der Waals surface area contributed by atoms with E-state index in [1.54, 1.807) is 0 Å². The highest BCUT2D eigenvalue weighted by atomic mass is 32.1. The fraction of sp³-hybridized carbons (Fsp3) is 0.444. The Hall–Kier alpha value is -2.09. The zero-order valence-corrected chi connectivity index (χ0v) is 16.2. The molecule has 1 aromatic carbocycles. The Morgan fingerprint density at radius 1 is 1.31 bits per heavy atom. The van der Waals surface area contributed by atoms with Crippen molar-refractivity contribution in [2.45, 2.75) is 47.2 Å². The van der Waals surface area contributed by atoms with Crippen molar-refractivity contribution in [3.63, 3.8) is 0 Å². The molecule has 144 valence electrons. The van der Waals surface area contributed by atoms with Crippen LogP contribution < -0.4 is 5.32 Å². The van der Waals surface area contributed by atoms with Gasteiger partial charge < -0.3 is 10.4 Å². The molecule has 8 heteroatoms. The molecule has 1 amide bonds. The second kappa shape index (κ2) is 9.02. The molecule has 0 unspecified atom stereocenters. The first kappa shape index (κ1) is 22.0. The molecule has 2 N–H and O–H groups in total. The number of hydrogen-bond donors (Lipinski definition) is 2. The van der Waals surface area contributed by atoms with Crippen molar-refractivity contribution < 1.29 is 23.1 Å². The van der Waals surface area contributed by atoms with Crippen molar-refractivity contribution in [1.29, 1.82) is 0 Å². The topological polar surface area (TPSA) is 62.2 Å². The number of benzene rings is 1. The number of hydrogen-bond acceptors (Lipinski definition) is 4. The first-order valence-electron chi connectivity index (χ1n) is 8.25. The highest BCUT2D eigenvalue weighted by Gasteiger charge is 2.34. The summed E-state index contributed by atoms with van der Waals surface area (Å²) in [7, 11) is 0. The molecule has 0 bridgehead atoms. The SMILES string of the molecule is CC.CC(=O)Nc1nc(-c2ccc(C(F)(F)F)c(O)c2)c(CC(C)C)s1. The van der Waals surface area contributed by atoms with Gasteiger partial charge in [0.1, 0.15) is 5.75 Å². The van der Waals surface area contributed by atoms with Crippen LogP contribution in [0.15, 0.2) is 18.2 Å². The number of carbonyl (C=O) groups excluding carboxylic acids is 1. The van der Waals surface area contributed by atoms with Gasteiger partial charge in [-0.25, -0.2) is 4.98 Å². The van der Waals surface area contributed by atoms with Crippen molar-refractivity contribution in [2.24, 2.45) is 5.92 Å². The van der Waals surface area contributed by atoms with Gasteiger partial charge in [0.05, 0.1) is 11.3 Å². The molecule has 0 fully saturated rings. The number of anilines is 1. The Kier molecular flexibility index (Phi) is 7.62. The molecule has 0 aliphatic carbocycles. The van der Waals surface area contributed by atoms with Gasteiger partial charge in [0.25, 0.3) is 0 Å². The van der Waals surface area contributed by atoms with Crippen LogP contribution in [0, 0.1) is 5.92 Å². The lowest BCUT2D eigenvalue weighted by Crippen LogP contribution is -2.05. The van der Waals surface area contributed by atoms with Gasteiger partial charge in [-0.05, 0) is 24.5 Å². The standard InChI is InChI=1S/C16H17F3N2O2S.C2H6/c1-8(2)6-13-14(21-15(24-13)20-9(3)22)10-4-5-11(12(23)7-10)16(17,18)19;1-2/h4-5,7-8,23H,6H2,1-3H3,(H,20,21,22);1-2H3. The molecule has 0 radical (unpaired) electrons. The van der Waals surface area contributed by atoms with Crippen molar-refractivity contribution in [1.82, 2.24) is 4.98 Å². The van der Waals surface area contributed by atoms with Crippen LogP contribution in [0.25, 0.3) is 11.3 Å². The molecule has 0 atom stereocenters. The Morgan fingerprint density at radius 3 is 2.38 bits per heavy atom. The van der Waals surface area contributed by atoms with Crippen LogP contribution in [0.2, 0.25) is 0 Å². The highest BCUT2D eigenvalue weighted by Crippen LogP contribution is 2.39. The van der Waals surface area contributed by atoms with Crippen molar-refractivity contribution in [3.05, 3.63) is 28.6 Å².